The minimum Gasteiger partial charge on any atom is -0.449 e. The lowest BCUT2D eigenvalue weighted by molar-refractivity contribution is -0.126. The summed E-state index contributed by atoms with van der Waals surface area (Å²) < 4.78 is 30.9. The van der Waals surface area contributed by atoms with Crippen LogP contribution < -0.4 is 4.90 Å². The fraction of sp³-hybridized carbons (Fsp3) is 0.300. The maximum atomic E-state index is 12.7. The van der Waals surface area contributed by atoms with Crippen molar-refractivity contribution in [3.05, 3.63) is 59.7 Å². The molecule has 28 heavy (non-hydrogen) atoms. The van der Waals surface area contributed by atoms with Gasteiger partial charge in [-0.05, 0) is 43.2 Å². The molecule has 8 heteroatoms. The second-order valence-corrected chi connectivity index (χ2v) is 8.88. The van der Waals surface area contributed by atoms with Crippen LogP contribution in [0.15, 0.2) is 53.4 Å². The molecule has 2 aromatic rings. The molecule has 0 aromatic heterocycles. The van der Waals surface area contributed by atoms with E-state index >= 15 is 0 Å². The third-order valence-corrected chi connectivity index (χ3v) is 6.44. The summed E-state index contributed by atoms with van der Waals surface area (Å²) in [6.07, 6.45) is -0.236. The van der Waals surface area contributed by atoms with Crippen molar-refractivity contribution in [2.75, 3.05) is 25.5 Å². The Morgan fingerprint density at radius 1 is 1.11 bits per heavy atom. The number of hydrogen-bond acceptors (Lipinski definition) is 5. The summed E-state index contributed by atoms with van der Waals surface area (Å²) in [7, 11) is -0.851. The van der Waals surface area contributed by atoms with Crippen LogP contribution in [0, 0.1) is 0 Å². The molecule has 0 N–H and O–H groups in total. The predicted octanol–water partition coefficient (Wildman–Crippen LogP) is 2.07. The molecular formula is C20H22N2O5S. The van der Waals surface area contributed by atoms with Crippen molar-refractivity contribution >= 4 is 27.6 Å². The lowest BCUT2D eigenvalue weighted by Gasteiger charge is -2.21. The molecule has 0 bridgehead atoms. The van der Waals surface area contributed by atoms with Gasteiger partial charge >= 0.3 is 5.97 Å². The van der Waals surface area contributed by atoms with Gasteiger partial charge in [-0.15, -0.1) is 0 Å². The van der Waals surface area contributed by atoms with Crippen LogP contribution in [0.3, 0.4) is 0 Å². The zero-order chi connectivity index (χ0) is 20.5. The Balaban J connectivity index is 1.74. The van der Waals surface area contributed by atoms with Crippen LogP contribution in [0.1, 0.15) is 22.8 Å². The highest BCUT2D eigenvalue weighted by Gasteiger charge is 2.30. The molecule has 1 aliphatic rings. The van der Waals surface area contributed by atoms with E-state index in [-0.39, 0.29) is 16.4 Å². The first-order chi connectivity index (χ1) is 13.2. The summed E-state index contributed by atoms with van der Waals surface area (Å²) in [5.74, 6) is -1.06. The van der Waals surface area contributed by atoms with Crippen molar-refractivity contribution in [3.8, 4) is 0 Å². The summed E-state index contributed by atoms with van der Waals surface area (Å²) in [5, 5.41) is 0. The van der Waals surface area contributed by atoms with E-state index in [4.69, 9.17) is 4.74 Å². The first-order valence-corrected chi connectivity index (χ1v) is 10.3. The Kier molecular flexibility index (Phi) is 5.53. The molecule has 3 rings (SSSR count). The second-order valence-electron chi connectivity index (χ2n) is 6.73. The highest BCUT2D eigenvalue weighted by molar-refractivity contribution is 7.89. The van der Waals surface area contributed by atoms with Crippen molar-refractivity contribution in [3.63, 3.8) is 0 Å². The number of anilines is 1. The Morgan fingerprint density at radius 2 is 1.82 bits per heavy atom. The third-order valence-electron chi connectivity index (χ3n) is 4.63. The van der Waals surface area contributed by atoms with E-state index in [1.54, 1.807) is 4.90 Å². The van der Waals surface area contributed by atoms with Gasteiger partial charge in [0.1, 0.15) is 0 Å². The minimum atomic E-state index is -3.67. The van der Waals surface area contributed by atoms with Gasteiger partial charge < -0.3 is 9.64 Å². The van der Waals surface area contributed by atoms with Crippen molar-refractivity contribution in [2.45, 2.75) is 24.3 Å². The zero-order valence-electron chi connectivity index (χ0n) is 16.0. The summed E-state index contributed by atoms with van der Waals surface area (Å²) in [6.45, 7) is 2.05. The highest BCUT2D eigenvalue weighted by Crippen LogP contribution is 2.28. The number of hydrogen-bond donors (Lipinski definition) is 0. The van der Waals surface area contributed by atoms with E-state index in [0.717, 1.165) is 22.0 Å². The van der Waals surface area contributed by atoms with Crippen molar-refractivity contribution in [1.29, 1.82) is 0 Å². The number of sulfonamides is 1. The molecule has 0 unspecified atom stereocenters. The second kappa shape index (κ2) is 7.73. The standard InChI is InChI=1S/C20H22N2O5S/c1-14(19(23)22-12-11-15-7-4-5-10-18(15)22)27-20(24)16-8-6-9-17(13-16)28(25,26)21(2)3/h4-10,13-14H,11-12H2,1-3H3/t14-/m0/s1. The van der Waals surface area contributed by atoms with Gasteiger partial charge in [0.15, 0.2) is 6.10 Å². The quantitative estimate of drug-likeness (QED) is 0.715. The number of esters is 1. The molecule has 148 valence electrons. The number of benzene rings is 2. The largest absolute Gasteiger partial charge is 0.449 e. The monoisotopic (exact) mass is 402 g/mol. The van der Waals surface area contributed by atoms with E-state index in [0.29, 0.717) is 6.54 Å². The first-order valence-electron chi connectivity index (χ1n) is 8.84. The van der Waals surface area contributed by atoms with E-state index in [2.05, 4.69) is 0 Å². The molecule has 0 saturated carbocycles. The third kappa shape index (κ3) is 3.79. The number of ether oxygens (including phenoxy) is 1. The van der Waals surface area contributed by atoms with Gasteiger partial charge in [0.2, 0.25) is 10.0 Å². The Morgan fingerprint density at radius 3 is 2.54 bits per heavy atom. The van der Waals surface area contributed by atoms with Crippen LogP contribution >= 0.6 is 0 Å². The summed E-state index contributed by atoms with van der Waals surface area (Å²) in [6, 6.07) is 13.2. The molecular weight excluding hydrogens is 380 g/mol. The number of carbonyl (C=O) groups excluding carboxylic acids is 2. The lowest BCUT2D eigenvalue weighted by atomic mass is 10.2. The van der Waals surface area contributed by atoms with Crippen molar-refractivity contribution < 1.29 is 22.7 Å². The molecule has 0 saturated heterocycles. The molecule has 2 aromatic carbocycles. The fourth-order valence-corrected chi connectivity index (χ4v) is 4.01. The van der Waals surface area contributed by atoms with Gasteiger partial charge in [-0.1, -0.05) is 24.3 Å². The normalized spacial score (nSPS) is 14.6. The van der Waals surface area contributed by atoms with Crippen LogP contribution in [-0.4, -0.2) is 51.3 Å². The van der Waals surface area contributed by atoms with Gasteiger partial charge in [0, 0.05) is 26.3 Å². The number of fused-ring (bicyclic) bond motifs is 1. The fourth-order valence-electron chi connectivity index (χ4n) is 3.06. The number of para-hydroxylation sites is 1. The van der Waals surface area contributed by atoms with Crippen molar-refractivity contribution in [1.82, 2.24) is 4.31 Å². The van der Waals surface area contributed by atoms with E-state index < -0.39 is 22.1 Å². The Bertz CT molecular complexity index is 1020. The van der Waals surface area contributed by atoms with Gasteiger partial charge in [-0.25, -0.2) is 17.5 Å². The van der Waals surface area contributed by atoms with Gasteiger partial charge in [-0.2, -0.15) is 0 Å². The van der Waals surface area contributed by atoms with Crippen LogP contribution in [0.2, 0.25) is 0 Å². The van der Waals surface area contributed by atoms with Gasteiger partial charge in [-0.3, -0.25) is 4.79 Å². The summed E-state index contributed by atoms with van der Waals surface area (Å²) in [5.41, 5.74) is 1.98. The van der Waals surface area contributed by atoms with Crippen LogP contribution in [0.4, 0.5) is 5.69 Å². The first kappa shape index (κ1) is 20.0. The zero-order valence-corrected chi connectivity index (χ0v) is 16.8. The maximum absolute atomic E-state index is 12.7. The van der Waals surface area contributed by atoms with E-state index in [1.165, 1.54) is 45.3 Å². The predicted molar refractivity (Wildman–Crippen MR) is 105 cm³/mol. The topological polar surface area (TPSA) is 84.0 Å². The average molecular weight is 402 g/mol. The molecule has 1 heterocycles. The molecule has 1 aliphatic heterocycles. The lowest BCUT2D eigenvalue weighted by Crippen LogP contribution is -2.39. The summed E-state index contributed by atoms with van der Waals surface area (Å²) >= 11 is 0. The van der Waals surface area contributed by atoms with E-state index in [1.807, 2.05) is 24.3 Å². The summed E-state index contributed by atoms with van der Waals surface area (Å²) in [4.78, 5) is 26.8. The minimum absolute atomic E-state index is 0.0144. The van der Waals surface area contributed by atoms with E-state index in [9.17, 15) is 18.0 Å². The molecule has 7 nitrogen and oxygen atoms in total. The van der Waals surface area contributed by atoms with Gasteiger partial charge in [0.05, 0.1) is 10.5 Å². The number of carbonyl (C=O) groups is 2. The molecule has 0 radical (unpaired) electrons. The number of rotatable bonds is 5. The molecule has 0 aliphatic carbocycles. The van der Waals surface area contributed by atoms with Crippen LogP contribution in [0.25, 0.3) is 0 Å². The van der Waals surface area contributed by atoms with Gasteiger partial charge in [0.25, 0.3) is 5.91 Å². The number of amides is 1. The maximum Gasteiger partial charge on any atom is 0.338 e. The highest BCUT2D eigenvalue weighted by atomic mass is 32.2. The smallest absolute Gasteiger partial charge is 0.338 e. The molecule has 1 amide bonds. The average Bonchev–Trinajstić information content (AvgIpc) is 3.11. The molecule has 0 spiro atoms. The SMILES string of the molecule is C[C@H](OC(=O)c1cccc(S(=O)(=O)N(C)C)c1)C(=O)N1CCc2ccccc21. The Hall–Kier alpha value is -2.71. The van der Waals surface area contributed by atoms with Crippen LogP contribution in [0.5, 0.6) is 0 Å². The molecule has 1 atom stereocenters. The van der Waals surface area contributed by atoms with Crippen LogP contribution in [-0.2, 0) is 26.0 Å². The molecule has 0 fully saturated rings. The number of nitrogens with zero attached hydrogens (tertiary/aromatic N) is 2. The Labute approximate surface area is 164 Å². The van der Waals surface area contributed by atoms with Crippen molar-refractivity contribution in [2.24, 2.45) is 0 Å².